The van der Waals surface area contributed by atoms with Crippen LogP contribution in [0.5, 0.6) is 0 Å². The summed E-state index contributed by atoms with van der Waals surface area (Å²) in [7, 11) is 0. The number of Topliss-reactive ketones (excluding diaryl/α,β-unsaturated/α-hetero) is 1. The Kier molecular flexibility index (Phi) is 1.31. The molecule has 2 aliphatic carbocycles. The van der Waals surface area contributed by atoms with Crippen LogP contribution in [0.15, 0.2) is 0 Å². The van der Waals surface area contributed by atoms with Crippen molar-refractivity contribution in [2.45, 2.75) is 44.7 Å². The van der Waals surface area contributed by atoms with Crippen molar-refractivity contribution >= 4 is 5.78 Å². The standard InChI is InChI=1S/C10H14O3/c1-10(2)12-8-5-3-6(7(11)4-5)9(8)13-10/h5-6,8-9H,3-4H2,1-2H3/t5-,6+,8-,9+/m1/s1. The van der Waals surface area contributed by atoms with Crippen molar-refractivity contribution in [3.05, 3.63) is 0 Å². The molecule has 0 amide bonds. The molecule has 1 aliphatic heterocycles. The largest absolute Gasteiger partial charge is 0.344 e. The Morgan fingerprint density at radius 3 is 2.77 bits per heavy atom. The van der Waals surface area contributed by atoms with Gasteiger partial charge in [0.1, 0.15) is 5.78 Å². The van der Waals surface area contributed by atoms with Crippen LogP contribution in [0.25, 0.3) is 0 Å². The minimum absolute atomic E-state index is 0.0567. The van der Waals surface area contributed by atoms with Gasteiger partial charge in [-0.05, 0) is 26.2 Å². The van der Waals surface area contributed by atoms with Crippen molar-refractivity contribution in [3.8, 4) is 0 Å². The summed E-state index contributed by atoms with van der Waals surface area (Å²) >= 11 is 0. The van der Waals surface area contributed by atoms with E-state index in [4.69, 9.17) is 9.47 Å². The third-order valence-electron chi connectivity index (χ3n) is 3.46. The van der Waals surface area contributed by atoms with Crippen LogP contribution in [0.1, 0.15) is 26.7 Å². The maximum atomic E-state index is 11.5. The van der Waals surface area contributed by atoms with Gasteiger partial charge in [0.2, 0.25) is 0 Å². The topological polar surface area (TPSA) is 35.5 Å². The Labute approximate surface area is 77.4 Å². The molecule has 1 saturated heterocycles. The van der Waals surface area contributed by atoms with Crippen molar-refractivity contribution in [1.82, 2.24) is 0 Å². The summed E-state index contributed by atoms with van der Waals surface area (Å²) in [6, 6.07) is 0. The number of hydrogen-bond acceptors (Lipinski definition) is 3. The van der Waals surface area contributed by atoms with E-state index < -0.39 is 5.79 Å². The van der Waals surface area contributed by atoms with Crippen molar-refractivity contribution < 1.29 is 14.3 Å². The first-order valence-electron chi connectivity index (χ1n) is 4.95. The molecule has 0 N–H and O–H groups in total. The monoisotopic (exact) mass is 182 g/mol. The van der Waals surface area contributed by atoms with E-state index in [0.29, 0.717) is 18.1 Å². The lowest BCUT2D eigenvalue weighted by molar-refractivity contribution is -0.157. The third-order valence-corrected chi connectivity index (χ3v) is 3.46. The van der Waals surface area contributed by atoms with E-state index in [0.717, 1.165) is 6.42 Å². The van der Waals surface area contributed by atoms with Crippen LogP contribution in [0.3, 0.4) is 0 Å². The number of carbonyl (C=O) groups excluding carboxylic acids is 1. The van der Waals surface area contributed by atoms with Gasteiger partial charge in [0.05, 0.1) is 12.2 Å². The molecule has 0 spiro atoms. The van der Waals surface area contributed by atoms with Crippen molar-refractivity contribution in [3.63, 3.8) is 0 Å². The molecular formula is C10H14O3. The van der Waals surface area contributed by atoms with Gasteiger partial charge in [0, 0.05) is 12.3 Å². The molecule has 3 rings (SSSR count). The number of carbonyl (C=O) groups is 1. The number of fused-ring (bicyclic) bond motifs is 5. The fraction of sp³-hybridized carbons (Fsp3) is 0.900. The number of hydrogen-bond donors (Lipinski definition) is 0. The average molecular weight is 182 g/mol. The van der Waals surface area contributed by atoms with Gasteiger partial charge in [-0.3, -0.25) is 4.79 Å². The summed E-state index contributed by atoms with van der Waals surface area (Å²) in [5, 5.41) is 0. The molecule has 0 aromatic heterocycles. The summed E-state index contributed by atoms with van der Waals surface area (Å²) in [6.45, 7) is 3.85. The van der Waals surface area contributed by atoms with Crippen molar-refractivity contribution in [2.24, 2.45) is 11.8 Å². The molecule has 13 heavy (non-hydrogen) atoms. The van der Waals surface area contributed by atoms with Crippen LogP contribution >= 0.6 is 0 Å². The smallest absolute Gasteiger partial charge is 0.163 e. The predicted octanol–water partition coefficient (Wildman–Crippen LogP) is 1.12. The maximum absolute atomic E-state index is 11.5. The first kappa shape index (κ1) is 7.94. The highest BCUT2D eigenvalue weighted by Gasteiger charge is 2.59. The Morgan fingerprint density at radius 2 is 2.00 bits per heavy atom. The Morgan fingerprint density at radius 1 is 1.31 bits per heavy atom. The fourth-order valence-corrected chi connectivity index (χ4v) is 3.01. The summed E-state index contributed by atoms with van der Waals surface area (Å²) in [6.07, 6.45) is 1.95. The van der Waals surface area contributed by atoms with Gasteiger partial charge in [-0.15, -0.1) is 0 Å². The molecule has 2 bridgehead atoms. The van der Waals surface area contributed by atoms with E-state index in [2.05, 4.69) is 0 Å². The quantitative estimate of drug-likeness (QED) is 0.563. The highest BCUT2D eigenvalue weighted by Crippen LogP contribution is 2.51. The van der Waals surface area contributed by atoms with Gasteiger partial charge in [0.15, 0.2) is 5.79 Å². The van der Waals surface area contributed by atoms with Crippen LogP contribution in [0.2, 0.25) is 0 Å². The van der Waals surface area contributed by atoms with Crippen LogP contribution in [-0.2, 0) is 14.3 Å². The van der Waals surface area contributed by atoms with E-state index >= 15 is 0 Å². The molecule has 3 heteroatoms. The van der Waals surface area contributed by atoms with E-state index in [1.165, 1.54) is 0 Å². The van der Waals surface area contributed by atoms with E-state index in [1.54, 1.807) is 0 Å². The van der Waals surface area contributed by atoms with Gasteiger partial charge in [-0.25, -0.2) is 0 Å². The molecule has 72 valence electrons. The first-order valence-corrected chi connectivity index (χ1v) is 4.95. The number of rotatable bonds is 0. The van der Waals surface area contributed by atoms with Crippen LogP contribution in [-0.4, -0.2) is 23.8 Å². The zero-order valence-electron chi connectivity index (χ0n) is 7.95. The van der Waals surface area contributed by atoms with Crippen molar-refractivity contribution in [1.29, 1.82) is 0 Å². The zero-order chi connectivity index (χ0) is 9.22. The second-order valence-corrected chi connectivity index (χ2v) is 4.84. The Hall–Kier alpha value is -0.410. The van der Waals surface area contributed by atoms with Crippen LogP contribution < -0.4 is 0 Å². The lowest BCUT2D eigenvalue weighted by atomic mass is 9.94. The molecular weight excluding hydrogens is 168 g/mol. The summed E-state index contributed by atoms with van der Waals surface area (Å²) in [5.74, 6) is 0.477. The van der Waals surface area contributed by atoms with Crippen LogP contribution in [0.4, 0.5) is 0 Å². The van der Waals surface area contributed by atoms with Gasteiger partial charge in [0.25, 0.3) is 0 Å². The molecule has 0 unspecified atom stereocenters. The van der Waals surface area contributed by atoms with Gasteiger partial charge < -0.3 is 9.47 Å². The third kappa shape index (κ3) is 0.945. The second-order valence-electron chi connectivity index (χ2n) is 4.84. The molecule has 3 fully saturated rings. The average Bonchev–Trinajstić information content (AvgIpc) is 2.56. The fourth-order valence-electron chi connectivity index (χ4n) is 3.01. The molecule has 0 aromatic rings. The number of ketones is 1. The minimum Gasteiger partial charge on any atom is -0.344 e. The van der Waals surface area contributed by atoms with Crippen LogP contribution in [0, 0.1) is 11.8 Å². The van der Waals surface area contributed by atoms with E-state index in [-0.39, 0.29) is 18.1 Å². The molecule has 2 saturated carbocycles. The maximum Gasteiger partial charge on any atom is 0.163 e. The van der Waals surface area contributed by atoms with Crippen molar-refractivity contribution in [2.75, 3.05) is 0 Å². The molecule has 1 heterocycles. The zero-order valence-corrected chi connectivity index (χ0v) is 7.95. The van der Waals surface area contributed by atoms with E-state index in [9.17, 15) is 4.79 Å². The van der Waals surface area contributed by atoms with Gasteiger partial charge >= 0.3 is 0 Å². The SMILES string of the molecule is CC1(C)O[C@@H]2[C@H]3CC(=O)[C@H](C3)[C@@H]2O1. The molecule has 3 aliphatic rings. The van der Waals surface area contributed by atoms with Gasteiger partial charge in [-0.2, -0.15) is 0 Å². The number of ether oxygens (including phenoxy) is 2. The lowest BCUT2D eigenvalue weighted by Gasteiger charge is -2.19. The summed E-state index contributed by atoms with van der Waals surface area (Å²) in [5.41, 5.74) is 0. The van der Waals surface area contributed by atoms with Gasteiger partial charge in [-0.1, -0.05) is 0 Å². The van der Waals surface area contributed by atoms with E-state index in [1.807, 2.05) is 13.8 Å². The minimum atomic E-state index is -0.475. The second kappa shape index (κ2) is 2.15. The highest BCUT2D eigenvalue weighted by atomic mass is 16.8. The molecule has 0 radical (unpaired) electrons. The molecule has 0 aromatic carbocycles. The molecule has 3 nitrogen and oxygen atoms in total. The Balaban J connectivity index is 1.91. The molecule has 4 atom stereocenters. The lowest BCUT2D eigenvalue weighted by Crippen LogP contribution is -2.34. The normalized spacial score (nSPS) is 51.4. The first-order chi connectivity index (χ1) is 6.07. The summed E-state index contributed by atoms with van der Waals surface area (Å²) < 4.78 is 11.5. The predicted molar refractivity (Wildman–Crippen MR) is 45.0 cm³/mol. The summed E-state index contributed by atoms with van der Waals surface area (Å²) in [4.78, 5) is 11.5. The Bertz CT molecular complexity index is 271. The highest BCUT2D eigenvalue weighted by molar-refractivity contribution is 5.85.